The maximum Gasteiger partial charge on any atom is 0.134 e. The molecule has 0 fully saturated rings. The van der Waals surface area contributed by atoms with E-state index in [9.17, 15) is 8.78 Å². The zero-order valence-corrected chi connectivity index (χ0v) is 15.5. The van der Waals surface area contributed by atoms with Gasteiger partial charge >= 0.3 is 0 Å². The van der Waals surface area contributed by atoms with E-state index in [4.69, 9.17) is 9.47 Å². The SMILES string of the molecule is COc1ccc2c(OC)c(-c3ccccc3F)ccc2c1-c1ccccc1F. The van der Waals surface area contributed by atoms with Gasteiger partial charge in [0.25, 0.3) is 0 Å². The summed E-state index contributed by atoms with van der Waals surface area (Å²) in [6, 6.07) is 20.4. The van der Waals surface area contributed by atoms with E-state index in [2.05, 4.69) is 0 Å². The minimum Gasteiger partial charge on any atom is -0.496 e. The number of methoxy groups -OCH3 is 2. The molecule has 28 heavy (non-hydrogen) atoms. The Balaban J connectivity index is 2.07. The molecular formula is C24H18F2O2. The summed E-state index contributed by atoms with van der Waals surface area (Å²) >= 11 is 0. The Kier molecular flexibility index (Phi) is 4.70. The van der Waals surface area contributed by atoms with Gasteiger partial charge in [-0.15, -0.1) is 0 Å². The van der Waals surface area contributed by atoms with Crippen LogP contribution in [0.2, 0.25) is 0 Å². The summed E-state index contributed by atoms with van der Waals surface area (Å²) in [6.45, 7) is 0. The van der Waals surface area contributed by atoms with Gasteiger partial charge in [0.2, 0.25) is 0 Å². The average Bonchev–Trinajstić information content (AvgIpc) is 2.73. The fraction of sp³-hybridized carbons (Fsp3) is 0.0833. The third-order valence-electron chi connectivity index (χ3n) is 4.84. The second-order valence-corrected chi connectivity index (χ2v) is 6.34. The van der Waals surface area contributed by atoms with Crippen molar-refractivity contribution in [3.8, 4) is 33.8 Å². The van der Waals surface area contributed by atoms with Gasteiger partial charge in [-0.25, -0.2) is 8.78 Å². The van der Waals surface area contributed by atoms with Crippen LogP contribution in [-0.4, -0.2) is 14.2 Å². The van der Waals surface area contributed by atoms with Gasteiger partial charge in [-0.2, -0.15) is 0 Å². The average molecular weight is 376 g/mol. The van der Waals surface area contributed by atoms with Gasteiger partial charge in [-0.05, 0) is 35.7 Å². The summed E-state index contributed by atoms with van der Waals surface area (Å²) in [5.41, 5.74) is 2.16. The van der Waals surface area contributed by atoms with E-state index in [0.29, 0.717) is 33.8 Å². The normalized spacial score (nSPS) is 10.9. The van der Waals surface area contributed by atoms with E-state index in [0.717, 1.165) is 10.8 Å². The summed E-state index contributed by atoms with van der Waals surface area (Å²) in [6.07, 6.45) is 0. The van der Waals surface area contributed by atoms with E-state index in [-0.39, 0.29) is 11.6 Å². The third kappa shape index (κ3) is 2.87. The van der Waals surface area contributed by atoms with Crippen molar-refractivity contribution in [3.63, 3.8) is 0 Å². The van der Waals surface area contributed by atoms with Crippen molar-refractivity contribution in [1.82, 2.24) is 0 Å². The molecule has 0 aliphatic heterocycles. The Labute approximate surface area is 162 Å². The van der Waals surface area contributed by atoms with Crippen LogP contribution in [0.25, 0.3) is 33.0 Å². The number of hydrogen-bond acceptors (Lipinski definition) is 2. The van der Waals surface area contributed by atoms with Crippen molar-refractivity contribution in [3.05, 3.63) is 84.4 Å². The first-order valence-corrected chi connectivity index (χ1v) is 8.83. The number of fused-ring (bicyclic) bond motifs is 1. The standard InChI is InChI=1S/C24H18F2O2/c1-27-22-14-13-18-16(23(22)19-8-4-6-10-21(19)26)11-12-17(24(18)28-2)15-7-3-5-9-20(15)25/h3-14H,1-2H3. The van der Waals surface area contributed by atoms with Gasteiger partial charge in [0.1, 0.15) is 23.1 Å². The van der Waals surface area contributed by atoms with Gasteiger partial charge < -0.3 is 9.47 Å². The molecule has 0 aliphatic carbocycles. The van der Waals surface area contributed by atoms with Crippen LogP contribution >= 0.6 is 0 Å². The maximum atomic E-state index is 14.6. The van der Waals surface area contributed by atoms with Gasteiger partial charge in [-0.3, -0.25) is 0 Å². The molecule has 0 amide bonds. The number of benzene rings is 4. The number of ether oxygens (including phenoxy) is 2. The van der Waals surface area contributed by atoms with Crippen LogP contribution in [-0.2, 0) is 0 Å². The van der Waals surface area contributed by atoms with Crippen LogP contribution < -0.4 is 9.47 Å². The highest BCUT2D eigenvalue weighted by Crippen LogP contribution is 2.44. The van der Waals surface area contributed by atoms with Crippen LogP contribution in [0.3, 0.4) is 0 Å². The third-order valence-corrected chi connectivity index (χ3v) is 4.84. The highest BCUT2D eigenvalue weighted by atomic mass is 19.1. The fourth-order valence-corrected chi connectivity index (χ4v) is 3.58. The first-order chi connectivity index (χ1) is 13.7. The summed E-state index contributed by atoms with van der Waals surface area (Å²) in [5, 5.41) is 1.52. The first-order valence-electron chi connectivity index (χ1n) is 8.83. The van der Waals surface area contributed by atoms with E-state index >= 15 is 0 Å². The van der Waals surface area contributed by atoms with Gasteiger partial charge in [-0.1, -0.05) is 42.5 Å². The molecule has 0 aromatic heterocycles. The van der Waals surface area contributed by atoms with E-state index in [1.807, 2.05) is 12.1 Å². The Hall–Kier alpha value is -3.40. The lowest BCUT2D eigenvalue weighted by Gasteiger charge is -2.17. The van der Waals surface area contributed by atoms with Crippen LogP contribution in [0.15, 0.2) is 72.8 Å². The smallest absolute Gasteiger partial charge is 0.134 e. The van der Waals surface area contributed by atoms with Gasteiger partial charge in [0, 0.05) is 27.6 Å². The molecule has 0 N–H and O–H groups in total. The largest absolute Gasteiger partial charge is 0.496 e. The molecule has 140 valence electrons. The van der Waals surface area contributed by atoms with E-state index in [1.165, 1.54) is 12.1 Å². The van der Waals surface area contributed by atoms with Crippen LogP contribution in [0.1, 0.15) is 0 Å². The van der Waals surface area contributed by atoms with Crippen LogP contribution in [0.4, 0.5) is 8.78 Å². The van der Waals surface area contributed by atoms with Crippen molar-refractivity contribution in [2.75, 3.05) is 14.2 Å². The van der Waals surface area contributed by atoms with Gasteiger partial charge in [0.15, 0.2) is 0 Å². The number of halogens is 2. The predicted octanol–water partition coefficient (Wildman–Crippen LogP) is 6.47. The molecule has 2 nitrogen and oxygen atoms in total. The van der Waals surface area contributed by atoms with Crippen molar-refractivity contribution in [2.45, 2.75) is 0 Å². The Morgan fingerprint density at radius 2 is 1.18 bits per heavy atom. The molecule has 0 saturated heterocycles. The fourth-order valence-electron chi connectivity index (χ4n) is 3.58. The van der Waals surface area contributed by atoms with Crippen molar-refractivity contribution < 1.29 is 18.3 Å². The Morgan fingerprint density at radius 1 is 0.571 bits per heavy atom. The quantitative estimate of drug-likeness (QED) is 0.406. The second-order valence-electron chi connectivity index (χ2n) is 6.34. The number of rotatable bonds is 4. The first kappa shape index (κ1) is 18.0. The molecule has 4 heteroatoms. The Bertz CT molecular complexity index is 1170. The second kappa shape index (κ2) is 7.31. The highest BCUT2D eigenvalue weighted by molar-refractivity contribution is 6.05. The molecular weight excluding hydrogens is 358 g/mol. The summed E-state index contributed by atoms with van der Waals surface area (Å²) in [7, 11) is 3.10. The highest BCUT2D eigenvalue weighted by Gasteiger charge is 2.19. The van der Waals surface area contributed by atoms with Crippen LogP contribution in [0, 0.1) is 11.6 Å². The molecule has 4 rings (SSSR count). The molecule has 0 heterocycles. The monoisotopic (exact) mass is 376 g/mol. The minimum atomic E-state index is -0.342. The minimum absolute atomic E-state index is 0.331. The maximum absolute atomic E-state index is 14.6. The molecule has 0 unspecified atom stereocenters. The van der Waals surface area contributed by atoms with Crippen molar-refractivity contribution in [1.29, 1.82) is 0 Å². The van der Waals surface area contributed by atoms with Crippen molar-refractivity contribution >= 4 is 10.8 Å². The molecule has 0 aliphatic rings. The molecule has 0 saturated carbocycles. The molecule has 0 spiro atoms. The zero-order chi connectivity index (χ0) is 19.7. The zero-order valence-electron chi connectivity index (χ0n) is 15.5. The van der Waals surface area contributed by atoms with Crippen LogP contribution in [0.5, 0.6) is 11.5 Å². The summed E-state index contributed by atoms with van der Waals surface area (Å²) in [4.78, 5) is 0. The summed E-state index contributed by atoms with van der Waals surface area (Å²) < 4.78 is 40.1. The Morgan fingerprint density at radius 3 is 1.79 bits per heavy atom. The molecule has 0 radical (unpaired) electrons. The summed E-state index contributed by atoms with van der Waals surface area (Å²) in [5.74, 6) is 0.412. The molecule has 4 aromatic carbocycles. The lowest BCUT2D eigenvalue weighted by Crippen LogP contribution is -1.96. The molecule has 4 aromatic rings. The lowest BCUT2D eigenvalue weighted by atomic mass is 9.93. The molecule has 0 atom stereocenters. The van der Waals surface area contributed by atoms with E-state index < -0.39 is 0 Å². The van der Waals surface area contributed by atoms with E-state index in [1.54, 1.807) is 62.8 Å². The van der Waals surface area contributed by atoms with Crippen molar-refractivity contribution in [2.24, 2.45) is 0 Å². The topological polar surface area (TPSA) is 18.5 Å². The van der Waals surface area contributed by atoms with Gasteiger partial charge in [0.05, 0.1) is 14.2 Å². The lowest BCUT2D eigenvalue weighted by molar-refractivity contribution is 0.415. The number of hydrogen-bond donors (Lipinski definition) is 0. The molecule has 0 bridgehead atoms. The predicted molar refractivity (Wildman–Crippen MR) is 108 cm³/mol.